The van der Waals surface area contributed by atoms with Gasteiger partial charge >= 0.3 is 0 Å². The first kappa shape index (κ1) is 25.8. The van der Waals surface area contributed by atoms with Crippen molar-refractivity contribution in [2.45, 2.75) is 69.4 Å². The fourth-order valence-corrected chi connectivity index (χ4v) is 6.40. The molecular formula is C27H38N4O3S. The molecule has 0 radical (unpaired) electrons. The summed E-state index contributed by atoms with van der Waals surface area (Å²) in [5, 5.41) is 3.23. The number of hydrogen-bond donors (Lipinski definition) is 1. The average molecular weight is 499 g/mol. The third-order valence-electron chi connectivity index (χ3n) is 7.27. The van der Waals surface area contributed by atoms with E-state index in [0.717, 1.165) is 38.0 Å². The van der Waals surface area contributed by atoms with Gasteiger partial charge in [0.05, 0.1) is 4.90 Å². The minimum absolute atomic E-state index is 0.0236. The van der Waals surface area contributed by atoms with Gasteiger partial charge in [0.2, 0.25) is 15.9 Å². The van der Waals surface area contributed by atoms with E-state index in [1.54, 1.807) is 12.1 Å². The van der Waals surface area contributed by atoms with Crippen LogP contribution in [0.1, 0.15) is 57.6 Å². The minimum atomic E-state index is -3.54. The number of pyridine rings is 1. The zero-order valence-electron chi connectivity index (χ0n) is 21.1. The summed E-state index contributed by atoms with van der Waals surface area (Å²) in [6.45, 7) is 9.91. The highest BCUT2D eigenvalue weighted by Crippen LogP contribution is 2.27. The Hall–Kier alpha value is -2.29. The number of carbonyl (C=O) groups excluding carboxylic acids is 1. The molecule has 2 aliphatic heterocycles. The van der Waals surface area contributed by atoms with Crippen molar-refractivity contribution in [3.8, 4) is 0 Å². The molecule has 0 atom stereocenters. The van der Waals surface area contributed by atoms with Gasteiger partial charge in [0, 0.05) is 57.1 Å². The summed E-state index contributed by atoms with van der Waals surface area (Å²) in [5.74, 6) is -0.0521. The van der Waals surface area contributed by atoms with Crippen molar-refractivity contribution < 1.29 is 13.2 Å². The Morgan fingerprint density at radius 2 is 1.54 bits per heavy atom. The summed E-state index contributed by atoms with van der Waals surface area (Å²) < 4.78 is 27.8. The Morgan fingerprint density at radius 3 is 2.11 bits per heavy atom. The highest BCUT2D eigenvalue weighted by molar-refractivity contribution is 7.89. The lowest BCUT2D eigenvalue weighted by molar-refractivity contribution is -0.127. The van der Waals surface area contributed by atoms with Gasteiger partial charge in [0.25, 0.3) is 0 Å². The molecule has 1 amide bonds. The van der Waals surface area contributed by atoms with Crippen LogP contribution in [-0.4, -0.2) is 60.7 Å². The third kappa shape index (κ3) is 6.48. The number of carbonyl (C=O) groups is 1. The molecule has 2 saturated heterocycles. The first-order valence-electron chi connectivity index (χ1n) is 12.7. The van der Waals surface area contributed by atoms with Crippen LogP contribution in [0.5, 0.6) is 0 Å². The van der Waals surface area contributed by atoms with Crippen molar-refractivity contribution in [2.75, 3.05) is 26.2 Å². The predicted molar refractivity (Wildman–Crippen MR) is 137 cm³/mol. The summed E-state index contributed by atoms with van der Waals surface area (Å²) in [6, 6.07) is 11.5. The van der Waals surface area contributed by atoms with Gasteiger partial charge in [-0.3, -0.25) is 14.7 Å². The number of hydrogen-bond acceptors (Lipinski definition) is 5. The van der Waals surface area contributed by atoms with E-state index in [2.05, 4.69) is 36.0 Å². The second kappa shape index (κ2) is 10.8. The zero-order valence-corrected chi connectivity index (χ0v) is 21.9. The summed E-state index contributed by atoms with van der Waals surface area (Å²) >= 11 is 0. The van der Waals surface area contributed by atoms with Crippen molar-refractivity contribution >= 4 is 15.9 Å². The Bertz CT molecular complexity index is 1080. The van der Waals surface area contributed by atoms with Crippen LogP contribution < -0.4 is 5.32 Å². The predicted octanol–water partition coefficient (Wildman–Crippen LogP) is 3.56. The molecule has 35 heavy (non-hydrogen) atoms. The first-order chi connectivity index (χ1) is 16.6. The van der Waals surface area contributed by atoms with Crippen LogP contribution in [-0.2, 0) is 26.8 Å². The maximum absolute atomic E-state index is 13.1. The molecule has 0 bridgehead atoms. The standard InChI is InChI=1S/C27H38N4O3S/c1-27(2,3)23-4-6-25(7-5-23)35(33,34)31-18-10-22(11-19-31)26(32)29-24-12-16-30(17-13-24)20-21-8-14-28-15-9-21/h4-9,14-15,22,24H,10-13,16-20H2,1-3H3,(H,29,32). The van der Waals surface area contributed by atoms with Gasteiger partial charge in [-0.1, -0.05) is 32.9 Å². The number of sulfonamides is 1. The molecule has 0 unspecified atom stereocenters. The van der Waals surface area contributed by atoms with Gasteiger partial charge < -0.3 is 5.32 Å². The summed E-state index contributed by atoms with van der Waals surface area (Å²) in [7, 11) is -3.54. The Balaban J connectivity index is 1.24. The van der Waals surface area contributed by atoms with Gasteiger partial charge in [0.15, 0.2) is 0 Å². The third-order valence-corrected chi connectivity index (χ3v) is 9.19. The van der Waals surface area contributed by atoms with Crippen LogP contribution in [0.3, 0.4) is 0 Å². The SMILES string of the molecule is CC(C)(C)c1ccc(S(=O)(=O)N2CCC(C(=O)NC3CCN(Cc4ccncc4)CC3)CC2)cc1. The van der Waals surface area contributed by atoms with Gasteiger partial charge in [-0.25, -0.2) is 8.42 Å². The Labute approximate surface area is 210 Å². The molecule has 2 aliphatic rings. The lowest BCUT2D eigenvalue weighted by atomic mass is 9.87. The number of nitrogens with one attached hydrogen (secondary N) is 1. The van der Waals surface area contributed by atoms with Crippen molar-refractivity contribution in [1.29, 1.82) is 0 Å². The topological polar surface area (TPSA) is 82.6 Å². The monoisotopic (exact) mass is 498 g/mol. The number of piperidine rings is 2. The molecule has 7 nitrogen and oxygen atoms in total. The second-order valence-corrected chi connectivity index (χ2v) is 12.8. The smallest absolute Gasteiger partial charge is 0.243 e. The van der Waals surface area contributed by atoms with E-state index in [-0.39, 0.29) is 23.3 Å². The van der Waals surface area contributed by atoms with E-state index in [9.17, 15) is 13.2 Å². The van der Waals surface area contributed by atoms with Crippen LogP contribution in [0.15, 0.2) is 53.7 Å². The maximum atomic E-state index is 13.1. The highest BCUT2D eigenvalue weighted by atomic mass is 32.2. The Kier molecular flexibility index (Phi) is 7.93. The minimum Gasteiger partial charge on any atom is -0.353 e. The highest BCUT2D eigenvalue weighted by Gasteiger charge is 2.33. The molecule has 190 valence electrons. The molecule has 1 aromatic heterocycles. The van der Waals surface area contributed by atoms with E-state index in [1.165, 1.54) is 9.87 Å². The van der Waals surface area contributed by atoms with Crippen molar-refractivity contribution in [1.82, 2.24) is 19.5 Å². The van der Waals surface area contributed by atoms with Crippen LogP contribution in [0.25, 0.3) is 0 Å². The van der Waals surface area contributed by atoms with Crippen molar-refractivity contribution in [3.05, 3.63) is 59.9 Å². The molecule has 0 saturated carbocycles. The van der Waals surface area contributed by atoms with Crippen LogP contribution in [0.4, 0.5) is 0 Å². The van der Waals surface area contributed by atoms with Gasteiger partial charge in [-0.05, 0) is 66.5 Å². The van der Waals surface area contributed by atoms with Crippen LogP contribution in [0.2, 0.25) is 0 Å². The van der Waals surface area contributed by atoms with Crippen LogP contribution in [0, 0.1) is 5.92 Å². The number of aromatic nitrogens is 1. The quantitative estimate of drug-likeness (QED) is 0.659. The van der Waals surface area contributed by atoms with Crippen LogP contribution >= 0.6 is 0 Å². The molecule has 2 aromatic rings. The van der Waals surface area contributed by atoms with Gasteiger partial charge in [0.1, 0.15) is 0 Å². The molecular weight excluding hydrogens is 460 g/mol. The first-order valence-corrected chi connectivity index (χ1v) is 14.1. The lowest BCUT2D eigenvalue weighted by Gasteiger charge is -2.34. The molecule has 8 heteroatoms. The zero-order chi connectivity index (χ0) is 25.1. The van der Waals surface area contributed by atoms with Crippen molar-refractivity contribution in [3.63, 3.8) is 0 Å². The van der Waals surface area contributed by atoms with E-state index in [1.807, 2.05) is 36.7 Å². The van der Waals surface area contributed by atoms with E-state index >= 15 is 0 Å². The van der Waals surface area contributed by atoms with Gasteiger partial charge in [-0.2, -0.15) is 4.31 Å². The van der Waals surface area contributed by atoms with E-state index < -0.39 is 10.0 Å². The molecule has 4 rings (SSSR count). The lowest BCUT2D eigenvalue weighted by Crippen LogP contribution is -2.48. The molecule has 1 aromatic carbocycles. The molecule has 0 spiro atoms. The number of amides is 1. The largest absolute Gasteiger partial charge is 0.353 e. The number of likely N-dealkylation sites (tertiary alicyclic amines) is 1. The second-order valence-electron chi connectivity index (χ2n) is 10.9. The number of rotatable bonds is 6. The van der Waals surface area contributed by atoms with Crippen molar-refractivity contribution in [2.24, 2.45) is 5.92 Å². The summed E-state index contributed by atoms with van der Waals surface area (Å²) in [6.07, 6.45) is 6.64. The fourth-order valence-electron chi connectivity index (χ4n) is 4.94. The van der Waals surface area contributed by atoms with Gasteiger partial charge in [-0.15, -0.1) is 0 Å². The molecule has 3 heterocycles. The van der Waals surface area contributed by atoms with E-state index in [4.69, 9.17) is 0 Å². The normalized spacial score (nSPS) is 19.5. The maximum Gasteiger partial charge on any atom is 0.243 e. The number of nitrogens with zero attached hydrogens (tertiary/aromatic N) is 3. The molecule has 2 fully saturated rings. The summed E-state index contributed by atoms with van der Waals surface area (Å²) in [5.41, 5.74) is 2.34. The Morgan fingerprint density at radius 1 is 0.943 bits per heavy atom. The molecule has 1 N–H and O–H groups in total. The molecule has 0 aliphatic carbocycles. The average Bonchev–Trinajstić information content (AvgIpc) is 2.85. The number of benzene rings is 1. The fraction of sp³-hybridized carbons (Fsp3) is 0.556. The summed E-state index contributed by atoms with van der Waals surface area (Å²) in [4.78, 5) is 19.7. The van der Waals surface area contributed by atoms with E-state index in [0.29, 0.717) is 30.8 Å².